The van der Waals surface area contributed by atoms with Gasteiger partial charge < -0.3 is 40.3 Å². The number of anilines is 3. The Kier molecular flexibility index (Phi) is 19.2. The number of aliphatic imine (C=N–C) groups is 1. The first-order valence-corrected chi connectivity index (χ1v) is 23.5. The van der Waals surface area contributed by atoms with E-state index < -0.39 is 17.7 Å². The lowest BCUT2D eigenvalue weighted by Gasteiger charge is -2.24. The van der Waals surface area contributed by atoms with Crippen molar-refractivity contribution in [2.75, 3.05) is 77.5 Å². The SMILES string of the molecule is CNC(=O)CCC(C=O)N(C)Cc1cc(NC(=O)CNCCOCCOCCOCCn2cc(-c3ccc(Nc4ncc5c(n4)-c4ccc(Cl)cc4C(c4c(F)cccc4F)=NC5)cc3)nn2)ccc1C=O. The fraction of sp³-hybridized carbons (Fsp3) is 0.314. The van der Waals surface area contributed by atoms with Crippen LogP contribution in [0.3, 0.4) is 0 Å². The Morgan fingerprint density at radius 3 is 2.36 bits per heavy atom. The van der Waals surface area contributed by atoms with Gasteiger partial charge in [0, 0.05) is 77.0 Å². The molecule has 0 fully saturated rings. The van der Waals surface area contributed by atoms with E-state index in [0.717, 1.165) is 23.8 Å². The van der Waals surface area contributed by atoms with Crippen LogP contribution in [0.2, 0.25) is 5.02 Å². The lowest BCUT2D eigenvalue weighted by atomic mass is 9.95. The largest absolute Gasteiger partial charge is 0.378 e. The molecule has 1 atom stereocenters. The maximum Gasteiger partial charge on any atom is 0.238 e. The number of halogens is 3. The summed E-state index contributed by atoms with van der Waals surface area (Å²) in [6.07, 6.45) is 5.52. The summed E-state index contributed by atoms with van der Waals surface area (Å²) in [6, 6.07) is 20.8. The Hall–Kier alpha value is -7.20. The molecule has 0 spiro atoms. The van der Waals surface area contributed by atoms with Gasteiger partial charge in [-0.3, -0.25) is 24.3 Å². The standard InChI is InChI=1S/C51H54ClF2N11O7/c1-55-46(68)15-13-40(32-67)64(2)29-35-24-39(12-8-34(35)31-66)59-47(69)28-56-16-18-70-20-22-72-23-21-71-19-17-65-30-45(62-63-65)33-6-10-38(11-7-33)60-51-58-27-36-26-57-50(48-43(53)4-3-5-44(48)54)42-25-37(52)9-14-41(42)49(36)61-51/h3-12,14,24-25,27,30-32,40,56H,13,15-23,26,28-29H2,1-2H3,(H,55,68)(H,59,69)(H,58,60,61). The summed E-state index contributed by atoms with van der Waals surface area (Å²) in [5, 5.41) is 20.6. The third-order valence-corrected chi connectivity index (χ3v) is 11.7. The summed E-state index contributed by atoms with van der Waals surface area (Å²) in [6.45, 7) is 3.66. The van der Waals surface area contributed by atoms with Crippen molar-refractivity contribution in [1.29, 1.82) is 0 Å². The third-order valence-electron chi connectivity index (χ3n) is 11.5. The van der Waals surface area contributed by atoms with Crippen molar-refractivity contribution >= 4 is 59.0 Å². The molecule has 0 aliphatic carbocycles. The quantitative estimate of drug-likeness (QED) is 0.0342. The van der Waals surface area contributed by atoms with Crippen LogP contribution in [0, 0.1) is 11.6 Å². The number of benzene rings is 4. The number of amides is 2. The second-order valence-electron chi connectivity index (χ2n) is 16.5. The molecular formula is C51H54ClF2N11O7. The van der Waals surface area contributed by atoms with E-state index in [1.807, 2.05) is 30.5 Å². The Bertz CT molecular complexity index is 2850. The number of carbonyl (C=O) groups is 4. The molecule has 376 valence electrons. The smallest absolute Gasteiger partial charge is 0.238 e. The van der Waals surface area contributed by atoms with Gasteiger partial charge in [-0.15, -0.1) is 5.10 Å². The molecule has 18 nitrogen and oxygen atoms in total. The zero-order chi connectivity index (χ0) is 50.8. The predicted octanol–water partition coefficient (Wildman–Crippen LogP) is 6.04. The maximum absolute atomic E-state index is 15.0. The number of nitrogens with zero attached hydrogens (tertiary/aromatic N) is 7. The Balaban J connectivity index is 0.757. The van der Waals surface area contributed by atoms with Crippen molar-refractivity contribution < 1.29 is 42.2 Å². The monoisotopic (exact) mass is 1010 g/mol. The fourth-order valence-electron chi connectivity index (χ4n) is 7.68. The van der Waals surface area contributed by atoms with E-state index in [2.05, 4.69) is 41.6 Å². The van der Waals surface area contributed by atoms with Crippen LogP contribution in [0.4, 0.5) is 26.1 Å². The molecule has 1 aliphatic rings. The highest BCUT2D eigenvalue weighted by atomic mass is 35.5. The van der Waals surface area contributed by atoms with Crippen molar-refractivity contribution in [3.63, 3.8) is 0 Å². The van der Waals surface area contributed by atoms with E-state index in [1.165, 1.54) is 25.2 Å². The van der Waals surface area contributed by atoms with Gasteiger partial charge >= 0.3 is 0 Å². The predicted molar refractivity (Wildman–Crippen MR) is 267 cm³/mol. The van der Waals surface area contributed by atoms with E-state index in [-0.39, 0.29) is 49.1 Å². The first-order chi connectivity index (χ1) is 35.0. The van der Waals surface area contributed by atoms with E-state index in [9.17, 15) is 28.0 Å². The van der Waals surface area contributed by atoms with Crippen molar-refractivity contribution in [3.05, 3.63) is 136 Å². The Labute approximate surface area is 419 Å². The summed E-state index contributed by atoms with van der Waals surface area (Å²) < 4.78 is 48.5. The number of fused-ring (bicyclic) bond motifs is 3. The van der Waals surface area contributed by atoms with Gasteiger partial charge in [0.05, 0.1) is 88.5 Å². The van der Waals surface area contributed by atoms with Crippen LogP contribution >= 0.6 is 11.6 Å². The average Bonchev–Trinajstić information content (AvgIpc) is 3.80. The fourth-order valence-corrected chi connectivity index (χ4v) is 7.86. The van der Waals surface area contributed by atoms with Crippen LogP contribution < -0.4 is 21.3 Å². The second kappa shape index (κ2) is 26.3. The molecule has 4 N–H and O–H groups in total. The van der Waals surface area contributed by atoms with Gasteiger partial charge in [0.15, 0.2) is 0 Å². The molecule has 0 saturated heterocycles. The minimum absolute atomic E-state index is 0.0463. The molecule has 0 bridgehead atoms. The third kappa shape index (κ3) is 14.5. The van der Waals surface area contributed by atoms with E-state index in [0.29, 0.717) is 115 Å². The number of likely N-dealkylation sites (N-methyl/N-ethyl adjacent to an activating group) is 1. The van der Waals surface area contributed by atoms with Crippen LogP contribution in [-0.4, -0.2) is 133 Å². The Morgan fingerprint density at radius 2 is 1.62 bits per heavy atom. The summed E-state index contributed by atoms with van der Waals surface area (Å²) >= 11 is 6.36. The molecule has 72 heavy (non-hydrogen) atoms. The van der Waals surface area contributed by atoms with Gasteiger partial charge in [-0.2, -0.15) is 0 Å². The average molecular weight is 1010 g/mol. The van der Waals surface area contributed by atoms with Gasteiger partial charge in [0.25, 0.3) is 0 Å². The molecule has 0 saturated carbocycles. The molecular weight excluding hydrogens is 952 g/mol. The molecule has 6 aromatic rings. The number of ether oxygens (including phenoxy) is 3. The molecule has 2 aromatic heterocycles. The van der Waals surface area contributed by atoms with E-state index in [4.69, 9.17) is 30.8 Å². The van der Waals surface area contributed by atoms with E-state index in [1.54, 1.807) is 59.2 Å². The Morgan fingerprint density at radius 1 is 0.889 bits per heavy atom. The second-order valence-corrected chi connectivity index (χ2v) is 16.9. The van der Waals surface area contributed by atoms with Crippen molar-refractivity contribution in [3.8, 4) is 22.5 Å². The number of aldehydes is 2. The zero-order valence-corrected chi connectivity index (χ0v) is 40.5. The number of carbonyl (C=O) groups excluding carboxylic acids is 4. The highest BCUT2D eigenvalue weighted by Crippen LogP contribution is 2.35. The number of rotatable bonds is 27. The molecule has 3 heterocycles. The summed E-state index contributed by atoms with van der Waals surface area (Å²) in [7, 11) is 3.28. The van der Waals surface area contributed by atoms with Crippen LogP contribution in [-0.2, 0) is 48.2 Å². The highest BCUT2D eigenvalue weighted by molar-refractivity contribution is 6.31. The highest BCUT2D eigenvalue weighted by Gasteiger charge is 2.26. The van der Waals surface area contributed by atoms with Crippen molar-refractivity contribution in [1.82, 2.24) is 40.5 Å². The molecule has 0 radical (unpaired) electrons. The summed E-state index contributed by atoms with van der Waals surface area (Å²) in [5.41, 5.74) is 6.09. The van der Waals surface area contributed by atoms with Crippen molar-refractivity contribution in [2.24, 2.45) is 4.99 Å². The van der Waals surface area contributed by atoms with Gasteiger partial charge in [-0.25, -0.2) is 23.4 Å². The van der Waals surface area contributed by atoms with E-state index >= 15 is 0 Å². The molecule has 1 unspecified atom stereocenters. The number of nitrogens with one attached hydrogen (secondary N) is 4. The number of aromatic nitrogens is 5. The van der Waals surface area contributed by atoms with Crippen LogP contribution in [0.1, 0.15) is 45.5 Å². The molecule has 1 aliphatic heterocycles. The number of hydrogen-bond donors (Lipinski definition) is 4. The maximum atomic E-state index is 15.0. The molecule has 7 rings (SSSR count). The normalized spacial score (nSPS) is 12.3. The van der Waals surface area contributed by atoms with Crippen LogP contribution in [0.25, 0.3) is 22.5 Å². The van der Waals surface area contributed by atoms with Gasteiger partial charge in [-0.1, -0.05) is 41.1 Å². The lowest BCUT2D eigenvalue weighted by molar-refractivity contribution is -0.121. The molecule has 2 amide bonds. The first-order valence-electron chi connectivity index (χ1n) is 23.1. The molecule has 21 heteroatoms. The van der Waals surface area contributed by atoms with Crippen LogP contribution in [0.15, 0.2) is 96.2 Å². The topological polar surface area (TPSA) is 216 Å². The minimum atomic E-state index is -0.728. The minimum Gasteiger partial charge on any atom is -0.378 e. The van der Waals surface area contributed by atoms with Gasteiger partial charge in [0.2, 0.25) is 17.8 Å². The lowest BCUT2D eigenvalue weighted by Crippen LogP contribution is -2.34. The zero-order valence-electron chi connectivity index (χ0n) is 39.7. The van der Waals surface area contributed by atoms with Crippen molar-refractivity contribution in [2.45, 2.75) is 38.5 Å². The summed E-state index contributed by atoms with van der Waals surface area (Å²) in [4.78, 5) is 63.2. The van der Waals surface area contributed by atoms with Gasteiger partial charge in [0.1, 0.15) is 29.9 Å². The van der Waals surface area contributed by atoms with Crippen LogP contribution in [0.5, 0.6) is 0 Å². The summed E-state index contributed by atoms with van der Waals surface area (Å²) in [5.74, 6) is -1.57. The molecule has 4 aromatic carbocycles. The number of hydrogen-bond acceptors (Lipinski definition) is 15. The first kappa shape index (κ1) is 52.6. The van der Waals surface area contributed by atoms with Gasteiger partial charge in [-0.05, 0) is 73.6 Å².